The van der Waals surface area contributed by atoms with Crippen molar-refractivity contribution in [1.29, 1.82) is 0 Å². The van der Waals surface area contributed by atoms with Crippen molar-refractivity contribution < 1.29 is 19.5 Å². The Kier molecular flexibility index (Phi) is 3.48. The molecule has 0 atom stereocenters. The number of phenolic OH excluding ortho intramolecular Hbond substituents is 1. The summed E-state index contributed by atoms with van der Waals surface area (Å²) in [6, 6.07) is 5.17. The zero-order chi connectivity index (χ0) is 17.6. The van der Waals surface area contributed by atoms with Gasteiger partial charge in [0, 0.05) is 19.7 Å². The van der Waals surface area contributed by atoms with Gasteiger partial charge in [0.05, 0.1) is 11.4 Å². The summed E-state index contributed by atoms with van der Waals surface area (Å²) in [5, 5.41) is 9.37. The molecule has 9 nitrogen and oxygen atoms in total. The number of hydrogen-bond donors (Lipinski definition) is 3. The molecule has 124 valence electrons. The predicted octanol–water partition coefficient (Wildman–Crippen LogP) is 0.210. The topological polar surface area (TPSA) is 127 Å². The second kappa shape index (κ2) is 5.37. The number of carbonyl (C=O) groups is 3. The van der Waals surface area contributed by atoms with Crippen LogP contribution in [0.15, 0.2) is 29.1 Å². The summed E-state index contributed by atoms with van der Waals surface area (Å²) in [7, 11) is 2.54. The van der Waals surface area contributed by atoms with Gasteiger partial charge in [-0.25, -0.2) is 9.59 Å². The maximum absolute atomic E-state index is 12.4. The molecule has 24 heavy (non-hydrogen) atoms. The van der Waals surface area contributed by atoms with E-state index in [2.05, 4.69) is 9.97 Å². The standard InChI is InChI=1S/C15H14N4O5/c1-18-12(21)9(13(22)19(2)15(18)24)11-10(16-14(23)17-11)7-3-5-8(20)6-4-7/h3-6,9,20H,1-2H3,(H2,16,17,23). The highest BCUT2D eigenvalue weighted by Gasteiger charge is 2.45. The lowest BCUT2D eigenvalue weighted by atomic mass is 9.96. The lowest BCUT2D eigenvalue weighted by molar-refractivity contribution is -0.143. The summed E-state index contributed by atoms with van der Waals surface area (Å²) >= 11 is 0. The van der Waals surface area contributed by atoms with E-state index in [-0.39, 0.29) is 17.1 Å². The third-order valence-electron chi connectivity index (χ3n) is 3.93. The monoisotopic (exact) mass is 330 g/mol. The Morgan fingerprint density at radius 1 is 0.917 bits per heavy atom. The number of amides is 4. The van der Waals surface area contributed by atoms with E-state index in [4.69, 9.17) is 0 Å². The first-order valence-corrected chi connectivity index (χ1v) is 7.02. The molecule has 4 amide bonds. The third-order valence-corrected chi connectivity index (χ3v) is 3.93. The van der Waals surface area contributed by atoms with Gasteiger partial charge in [-0.3, -0.25) is 19.4 Å². The molecule has 1 saturated heterocycles. The highest BCUT2D eigenvalue weighted by atomic mass is 16.3. The molecule has 1 aromatic carbocycles. The van der Waals surface area contributed by atoms with Crippen molar-refractivity contribution in [3.8, 4) is 17.0 Å². The van der Waals surface area contributed by atoms with Crippen LogP contribution in [0.4, 0.5) is 4.79 Å². The second-order valence-corrected chi connectivity index (χ2v) is 5.42. The first-order chi connectivity index (χ1) is 11.3. The number of nitrogens with zero attached hydrogens (tertiary/aromatic N) is 2. The third kappa shape index (κ3) is 2.26. The highest BCUT2D eigenvalue weighted by Crippen LogP contribution is 2.31. The minimum atomic E-state index is -1.33. The summed E-state index contributed by atoms with van der Waals surface area (Å²) < 4.78 is 0. The van der Waals surface area contributed by atoms with Gasteiger partial charge in [0.25, 0.3) is 0 Å². The maximum Gasteiger partial charge on any atom is 0.332 e. The van der Waals surface area contributed by atoms with Crippen molar-refractivity contribution in [2.45, 2.75) is 5.92 Å². The Bertz CT molecular complexity index is 871. The number of hydrogen-bond acceptors (Lipinski definition) is 5. The molecule has 0 aliphatic carbocycles. The Balaban J connectivity index is 2.14. The average molecular weight is 330 g/mol. The van der Waals surface area contributed by atoms with Crippen LogP contribution in [-0.4, -0.2) is 56.8 Å². The number of H-pyrrole nitrogens is 2. The van der Waals surface area contributed by atoms with Crippen molar-refractivity contribution >= 4 is 17.8 Å². The van der Waals surface area contributed by atoms with E-state index in [1.54, 1.807) is 0 Å². The second-order valence-electron chi connectivity index (χ2n) is 5.42. The molecule has 1 aliphatic heterocycles. The fourth-order valence-corrected chi connectivity index (χ4v) is 2.62. The number of carbonyl (C=O) groups excluding carboxylic acids is 3. The lowest BCUT2D eigenvalue weighted by Gasteiger charge is -2.32. The van der Waals surface area contributed by atoms with Crippen LogP contribution >= 0.6 is 0 Å². The van der Waals surface area contributed by atoms with Gasteiger partial charge in [0.15, 0.2) is 5.92 Å². The number of phenols is 1. The van der Waals surface area contributed by atoms with Gasteiger partial charge in [0.2, 0.25) is 11.8 Å². The number of nitrogens with one attached hydrogen (secondary N) is 2. The molecule has 0 spiro atoms. The van der Waals surface area contributed by atoms with Crippen molar-refractivity contribution in [3.63, 3.8) is 0 Å². The number of aromatic nitrogens is 2. The number of aromatic hydroxyl groups is 1. The van der Waals surface area contributed by atoms with Crippen LogP contribution in [0.1, 0.15) is 11.6 Å². The van der Waals surface area contributed by atoms with Crippen LogP contribution in [0.25, 0.3) is 11.3 Å². The Labute approximate surface area is 135 Å². The Morgan fingerprint density at radius 2 is 1.46 bits per heavy atom. The van der Waals surface area contributed by atoms with Crippen molar-refractivity contribution in [3.05, 3.63) is 40.4 Å². The average Bonchev–Trinajstić information content (AvgIpc) is 2.93. The molecule has 2 aromatic rings. The largest absolute Gasteiger partial charge is 0.508 e. The van der Waals surface area contributed by atoms with E-state index in [1.165, 1.54) is 38.4 Å². The summed E-state index contributed by atoms with van der Waals surface area (Å²) in [4.78, 5) is 55.1. The molecule has 1 aliphatic rings. The van der Waals surface area contributed by atoms with E-state index >= 15 is 0 Å². The molecule has 0 bridgehead atoms. The summed E-state index contributed by atoms with van der Waals surface area (Å²) in [6.07, 6.45) is 0. The maximum atomic E-state index is 12.4. The summed E-state index contributed by atoms with van der Waals surface area (Å²) in [6.45, 7) is 0. The van der Waals surface area contributed by atoms with E-state index in [1.807, 2.05) is 0 Å². The molecular formula is C15H14N4O5. The van der Waals surface area contributed by atoms with Gasteiger partial charge in [0.1, 0.15) is 5.75 Å². The van der Waals surface area contributed by atoms with Crippen molar-refractivity contribution in [2.24, 2.45) is 0 Å². The molecule has 0 radical (unpaired) electrons. The first-order valence-electron chi connectivity index (χ1n) is 7.02. The van der Waals surface area contributed by atoms with Gasteiger partial charge in [-0.05, 0) is 24.3 Å². The fourth-order valence-electron chi connectivity index (χ4n) is 2.62. The number of benzene rings is 1. The number of barbiturate groups is 1. The molecule has 9 heteroatoms. The number of likely N-dealkylation sites (N-methyl/N-ethyl adjacent to an activating group) is 2. The normalized spacial score (nSPS) is 16.2. The smallest absolute Gasteiger partial charge is 0.332 e. The molecular weight excluding hydrogens is 316 g/mol. The highest BCUT2D eigenvalue weighted by molar-refractivity contribution is 6.19. The van der Waals surface area contributed by atoms with E-state index in [9.17, 15) is 24.3 Å². The minimum absolute atomic E-state index is 0.0352. The zero-order valence-corrected chi connectivity index (χ0v) is 12.9. The number of rotatable bonds is 2. The fraction of sp³-hybridized carbons (Fsp3) is 0.200. The van der Waals surface area contributed by atoms with Crippen LogP contribution < -0.4 is 5.69 Å². The van der Waals surface area contributed by atoms with Crippen molar-refractivity contribution in [2.75, 3.05) is 14.1 Å². The van der Waals surface area contributed by atoms with E-state index < -0.39 is 29.5 Å². The van der Waals surface area contributed by atoms with Crippen LogP contribution in [0.3, 0.4) is 0 Å². The minimum Gasteiger partial charge on any atom is -0.508 e. The Morgan fingerprint density at radius 3 is 2.00 bits per heavy atom. The number of imidazole rings is 1. The van der Waals surface area contributed by atoms with Crippen LogP contribution in [0.2, 0.25) is 0 Å². The molecule has 0 saturated carbocycles. The zero-order valence-electron chi connectivity index (χ0n) is 12.9. The predicted molar refractivity (Wildman–Crippen MR) is 82.2 cm³/mol. The van der Waals surface area contributed by atoms with E-state index in [0.717, 1.165) is 9.80 Å². The van der Waals surface area contributed by atoms with Gasteiger partial charge in [-0.2, -0.15) is 0 Å². The first kappa shape index (κ1) is 15.5. The van der Waals surface area contributed by atoms with Gasteiger partial charge in [-0.15, -0.1) is 0 Å². The Hall–Kier alpha value is -3.36. The van der Waals surface area contributed by atoms with Crippen molar-refractivity contribution in [1.82, 2.24) is 19.8 Å². The van der Waals surface area contributed by atoms with E-state index in [0.29, 0.717) is 5.56 Å². The van der Waals surface area contributed by atoms with Gasteiger partial charge in [-0.1, -0.05) is 0 Å². The molecule has 0 unspecified atom stereocenters. The number of imide groups is 2. The van der Waals surface area contributed by atoms with Gasteiger partial charge < -0.3 is 15.1 Å². The summed E-state index contributed by atoms with van der Waals surface area (Å²) in [5.41, 5.74) is 0.245. The molecule has 1 fully saturated rings. The SMILES string of the molecule is CN1C(=O)C(c2[nH]c(=O)[nH]c2-c2ccc(O)cc2)C(=O)N(C)C1=O. The molecule has 2 heterocycles. The quantitative estimate of drug-likeness (QED) is 0.678. The van der Waals surface area contributed by atoms with Gasteiger partial charge >= 0.3 is 11.7 Å². The molecule has 3 N–H and O–H groups in total. The lowest BCUT2D eigenvalue weighted by Crippen LogP contribution is -2.55. The van der Waals surface area contributed by atoms with Crippen LogP contribution in [0, 0.1) is 0 Å². The van der Waals surface area contributed by atoms with Crippen LogP contribution in [-0.2, 0) is 9.59 Å². The number of urea groups is 1. The molecule has 3 rings (SSSR count). The number of aromatic amines is 2. The molecule has 1 aromatic heterocycles. The summed E-state index contributed by atoms with van der Waals surface area (Å²) in [5.74, 6) is -2.75. The van der Waals surface area contributed by atoms with Crippen LogP contribution in [0.5, 0.6) is 5.75 Å².